The second kappa shape index (κ2) is 37.2. The van der Waals surface area contributed by atoms with E-state index in [1.165, 1.54) is 169 Å². The Morgan fingerprint density at radius 1 is 0.197 bits per heavy atom. The molecule has 0 bridgehead atoms. The number of hydrogen-bond acceptors (Lipinski definition) is 9. The molecule has 0 unspecified atom stereocenters. The highest BCUT2D eigenvalue weighted by atomic mass is 32.1. The van der Waals surface area contributed by atoms with Crippen molar-refractivity contribution in [2.75, 3.05) is 29.4 Å². The van der Waals surface area contributed by atoms with Crippen LogP contribution in [0.5, 0.6) is 0 Å². The van der Waals surface area contributed by atoms with Crippen LogP contribution in [-0.2, 0) is 16.2 Å². The third kappa shape index (κ3) is 16.1. The molecular weight excluding hydrogens is 1860 g/mol. The van der Waals surface area contributed by atoms with Crippen molar-refractivity contribution in [1.82, 2.24) is 0 Å². The zero-order chi connectivity index (χ0) is 99.3. The molecule has 0 fully saturated rings. The maximum atomic E-state index is 15.3. The van der Waals surface area contributed by atoms with Crippen molar-refractivity contribution < 1.29 is 13.2 Å². The summed E-state index contributed by atoms with van der Waals surface area (Å²) in [6, 6.07) is 170. The molecule has 0 atom stereocenters. The smallest absolute Gasteiger partial charge is 0.147 e. The van der Waals surface area contributed by atoms with Crippen LogP contribution in [0.25, 0.3) is 93.9 Å². The maximum Gasteiger partial charge on any atom is 0.147 e. The van der Waals surface area contributed by atoms with Crippen molar-refractivity contribution in [2.45, 2.75) is 57.8 Å². The first-order valence-electron chi connectivity index (χ1n) is 49.9. The van der Waals surface area contributed by atoms with Crippen LogP contribution in [-0.4, -0.2) is 0 Å². The van der Waals surface area contributed by atoms with E-state index in [0.29, 0.717) is 5.69 Å². The zero-order valence-corrected chi connectivity index (χ0v) is 84.3. The van der Waals surface area contributed by atoms with E-state index in [4.69, 9.17) is 0 Å². The van der Waals surface area contributed by atoms with Gasteiger partial charge in [0.05, 0.1) is 39.8 Å². The van der Waals surface area contributed by atoms with Gasteiger partial charge < -0.3 is 29.4 Å². The molecule has 0 spiro atoms. The zero-order valence-electron chi connectivity index (χ0n) is 81.8. The van der Waals surface area contributed by atoms with Gasteiger partial charge in [-0.25, -0.2) is 13.2 Å². The summed E-state index contributed by atoms with van der Waals surface area (Å²) in [7, 11) is 0. The number of anilines is 18. The minimum atomic E-state index is -0.264. The van der Waals surface area contributed by atoms with Crippen LogP contribution in [0.3, 0.4) is 0 Å². The van der Waals surface area contributed by atoms with Crippen LogP contribution in [0.1, 0.15) is 74.9 Å². The van der Waals surface area contributed by atoms with Gasteiger partial charge in [-0.3, -0.25) is 0 Å². The first kappa shape index (κ1) is 91.1. The standard InChI is InChI=1S/3C45H33FN2S/c1-45(2)37-17-7-10-20-40(37)48(41-21-11-8-18-38(41)45)33-28-35(44-36(29-33)34-16-6-13-23-43(34)49-44)30-24-26-32(27-25-30)47(31-14-4-3-5-15-31)42-22-12-9-19-39(42)46;1-45(2)39-18-7-9-20-41(39)48(42-21-10-8-19-40(42)45)35-28-37(44-38(29-35)36-17-6-11-22-43(36)49-44)30-23-25-33(26-24-30)47(32-14-4-3-5-15-32)34-16-12-13-31(46)27-34;1-45(2)39-15-7-9-17-41(39)48(42-18-10-8-16-40(42)45)35-28-37(44-38(29-35)36-14-6-11-19-43(36)49-44)30-20-24-33(25-21-30)47(32-12-4-3-5-13-32)34-26-22-31(46)23-27-34/h3*3-29H,1-2H3. The van der Waals surface area contributed by atoms with Crippen LogP contribution in [0.15, 0.2) is 491 Å². The Morgan fingerprint density at radius 2 is 0.449 bits per heavy atom. The molecule has 27 rings (SSSR count). The molecule has 6 nitrogen and oxygen atoms in total. The number of benzene rings is 21. The lowest BCUT2D eigenvalue weighted by Gasteiger charge is -2.42. The molecule has 6 heterocycles. The summed E-state index contributed by atoms with van der Waals surface area (Å²) in [5, 5.41) is 7.55. The predicted molar refractivity (Wildman–Crippen MR) is 619 cm³/mol. The fourth-order valence-electron chi connectivity index (χ4n) is 22.6. The van der Waals surface area contributed by atoms with E-state index in [0.717, 1.165) is 79.3 Å². The SMILES string of the molecule is CC1(C)c2ccccc2N(c2cc(-c3ccc(N(c4ccccc4)c4ccc(F)cc4)cc3)c3sc4ccccc4c3c2)c2ccccc21.CC1(C)c2ccccc2N(c2cc(-c3ccc(N(c4ccccc4)c4cccc(F)c4)cc3)c3sc4ccccc4c3c2)c2ccccc21.CC1(C)c2ccccc2N(c2cc(-c3ccc(N(c4ccccc4)c4ccccc4F)cc3)c3sc4ccccc4c3c2)c2ccccc21. The van der Waals surface area contributed by atoms with Crippen LogP contribution >= 0.6 is 34.0 Å². The highest BCUT2D eigenvalue weighted by Crippen LogP contribution is 2.60. The van der Waals surface area contributed by atoms with Gasteiger partial charge in [0.2, 0.25) is 0 Å². The number of para-hydroxylation sites is 10. The first-order chi connectivity index (χ1) is 71.9. The van der Waals surface area contributed by atoms with Gasteiger partial charge in [-0.2, -0.15) is 0 Å². The van der Waals surface area contributed by atoms with Crippen LogP contribution in [0.2, 0.25) is 0 Å². The Morgan fingerprint density at radius 3 is 0.769 bits per heavy atom. The Kier molecular flexibility index (Phi) is 23.1. The number of fused-ring (bicyclic) bond motifs is 15. The van der Waals surface area contributed by atoms with E-state index >= 15 is 4.39 Å². The Balaban J connectivity index is 0.000000115. The second-order valence-corrected chi connectivity index (χ2v) is 42.6. The summed E-state index contributed by atoms with van der Waals surface area (Å²) in [4.78, 5) is 13.6. The van der Waals surface area contributed by atoms with E-state index < -0.39 is 0 Å². The molecule has 3 aromatic heterocycles. The van der Waals surface area contributed by atoms with Crippen molar-refractivity contribution in [3.8, 4) is 33.4 Å². The molecule has 12 heteroatoms. The minimum absolute atomic E-state index is 0.128. The van der Waals surface area contributed by atoms with Gasteiger partial charge in [0.25, 0.3) is 0 Å². The van der Waals surface area contributed by atoms with Crippen molar-refractivity contribution >= 4 is 197 Å². The molecule has 24 aromatic rings. The number of rotatable bonds is 15. The fourth-order valence-corrected chi connectivity index (χ4v) is 26.2. The highest BCUT2D eigenvalue weighted by Gasteiger charge is 2.41. The van der Waals surface area contributed by atoms with Gasteiger partial charge in [-0.05, 0) is 268 Å². The molecule has 0 aliphatic carbocycles. The Bertz CT molecular complexity index is 9010. The fraction of sp³-hybridized carbons (Fsp3) is 0.0667. The molecule has 147 heavy (non-hydrogen) atoms. The van der Waals surface area contributed by atoms with Gasteiger partial charge in [0, 0.05) is 156 Å². The van der Waals surface area contributed by atoms with Crippen LogP contribution in [0, 0.1) is 17.5 Å². The number of nitrogens with zero attached hydrogens (tertiary/aromatic N) is 6. The molecule has 708 valence electrons. The summed E-state index contributed by atoms with van der Waals surface area (Å²) >= 11 is 5.53. The van der Waals surface area contributed by atoms with E-state index in [2.05, 4.69) is 418 Å². The molecule has 0 radical (unpaired) electrons. The monoisotopic (exact) mass is 1960 g/mol. The maximum absolute atomic E-state index is 15.3. The Labute approximate surface area is 866 Å². The second-order valence-electron chi connectivity index (χ2n) is 39.5. The predicted octanol–water partition coefficient (Wildman–Crippen LogP) is 40.3. The summed E-state index contributed by atoms with van der Waals surface area (Å²) in [6.07, 6.45) is 0. The largest absolute Gasteiger partial charge is 0.311 e. The van der Waals surface area contributed by atoms with E-state index in [1.807, 2.05) is 136 Å². The Hall–Kier alpha value is -17.1. The van der Waals surface area contributed by atoms with Gasteiger partial charge in [-0.15, -0.1) is 34.0 Å². The minimum Gasteiger partial charge on any atom is -0.311 e. The van der Waals surface area contributed by atoms with Crippen LogP contribution < -0.4 is 29.4 Å². The molecule has 0 amide bonds. The lowest BCUT2D eigenvalue weighted by Crippen LogP contribution is -2.30. The molecule has 0 N–H and O–H groups in total. The summed E-state index contributed by atoms with van der Waals surface area (Å²) in [5.74, 6) is -0.773. The number of hydrogen-bond donors (Lipinski definition) is 0. The van der Waals surface area contributed by atoms with Crippen molar-refractivity contribution in [3.05, 3.63) is 542 Å². The van der Waals surface area contributed by atoms with Crippen LogP contribution in [0.4, 0.5) is 116 Å². The third-order valence-electron chi connectivity index (χ3n) is 29.7. The quantitative estimate of drug-likeness (QED) is 0.101. The van der Waals surface area contributed by atoms with Gasteiger partial charge in [0.1, 0.15) is 17.5 Å². The average molecular weight is 1960 g/mol. The molecule has 21 aromatic carbocycles. The molecule has 0 saturated carbocycles. The van der Waals surface area contributed by atoms with E-state index in [1.54, 1.807) is 18.2 Å². The molecule has 3 aliphatic heterocycles. The first-order valence-corrected chi connectivity index (χ1v) is 52.3. The van der Waals surface area contributed by atoms with Crippen molar-refractivity contribution in [1.29, 1.82) is 0 Å². The average Bonchev–Trinajstić information content (AvgIpc) is 1.68. The van der Waals surface area contributed by atoms with Gasteiger partial charge >= 0.3 is 0 Å². The summed E-state index contributed by atoms with van der Waals surface area (Å²) in [5.41, 5.74) is 33.0. The normalized spacial score (nSPS) is 13.3. The summed E-state index contributed by atoms with van der Waals surface area (Å²) < 4.78 is 51.3. The number of thiophene rings is 3. The summed E-state index contributed by atoms with van der Waals surface area (Å²) in [6.45, 7) is 14.0. The lowest BCUT2D eigenvalue weighted by atomic mass is 9.73. The molecule has 3 aliphatic rings. The van der Waals surface area contributed by atoms with Gasteiger partial charge in [-0.1, -0.05) is 315 Å². The topological polar surface area (TPSA) is 19.4 Å². The van der Waals surface area contributed by atoms with Crippen molar-refractivity contribution in [3.63, 3.8) is 0 Å². The third-order valence-corrected chi connectivity index (χ3v) is 33.3. The van der Waals surface area contributed by atoms with E-state index in [9.17, 15) is 8.78 Å². The highest BCUT2D eigenvalue weighted by molar-refractivity contribution is 7.27. The molecular formula is C135H99F3N6S3. The lowest BCUT2D eigenvalue weighted by molar-refractivity contribution is 0.627. The van der Waals surface area contributed by atoms with E-state index in [-0.39, 0.29) is 33.7 Å². The van der Waals surface area contributed by atoms with Crippen molar-refractivity contribution in [2.24, 2.45) is 0 Å². The van der Waals surface area contributed by atoms with Gasteiger partial charge in [0.15, 0.2) is 0 Å². The molecule has 0 saturated heterocycles. The number of halogens is 3.